The Morgan fingerprint density at radius 3 is 2.03 bits per heavy atom. The van der Waals surface area contributed by atoms with Crippen molar-refractivity contribution in [3.05, 3.63) is 58.7 Å². The number of alkyl halides is 6. The number of amides is 2. The van der Waals surface area contributed by atoms with E-state index in [-0.39, 0.29) is 17.3 Å². The molecule has 39 heavy (non-hydrogen) atoms. The fraction of sp³-hybridized carbons (Fsp3) is 0.462. The quantitative estimate of drug-likeness (QED) is 0.485. The van der Waals surface area contributed by atoms with Crippen LogP contribution in [0.2, 0.25) is 0 Å². The summed E-state index contributed by atoms with van der Waals surface area (Å²) in [4.78, 5) is 30.1. The minimum Gasteiger partial charge on any atom is -0.379 e. The molecular formula is C26H28F6N4O3. The van der Waals surface area contributed by atoms with Gasteiger partial charge in [0.25, 0.3) is 11.8 Å². The molecule has 7 nitrogen and oxygen atoms in total. The summed E-state index contributed by atoms with van der Waals surface area (Å²) in [6.07, 6.45) is -8.29. The average molecular weight is 559 g/mol. The molecule has 2 heterocycles. The van der Waals surface area contributed by atoms with Gasteiger partial charge in [-0.05, 0) is 49.2 Å². The van der Waals surface area contributed by atoms with Crippen molar-refractivity contribution in [2.24, 2.45) is 0 Å². The maximum atomic E-state index is 13.2. The molecule has 212 valence electrons. The molecule has 0 atom stereocenters. The smallest absolute Gasteiger partial charge is 0.379 e. The fourth-order valence-corrected chi connectivity index (χ4v) is 4.57. The van der Waals surface area contributed by atoms with Gasteiger partial charge in [-0.1, -0.05) is 0 Å². The number of carbonyl (C=O) groups excluding carboxylic acids is 2. The van der Waals surface area contributed by atoms with Crippen molar-refractivity contribution in [1.29, 1.82) is 0 Å². The SMILES string of the molecule is O=C(Nc1ccc(N2CCCC2)c(C(=O)NCCN2CCOCC2)c1)c1cc(C(F)(F)F)cc(C(F)(F)F)c1. The van der Waals surface area contributed by atoms with Crippen LogP contribution in [0.3, 0.4) is 0 Å². The number of carbonyl (C=O) groups is 2. The maximum absolute atomic E-state index is 13.2. The molecule has 2 aromatic carbocycles. The van der Waals surface area contributed by atoms with E-state index in [0.29, 0.717) is 44.1 Å². The predicted octanol–water partition coefficient (Wildman–Crippen LogP) is 4.64. The van der Waals surface area contributed by atoms with Crippen molar-refractivity contribution >= 4 is 23.2 Å². The van der Waals surface area contributed by atoms with Crippen LogP contribution in [0, 0.1) is 0 Å². The van der Waals surface area contributed by atoms with Crippen molar-refractivity contribution in [2.75, 3.05) is 62.7 Å². The Morgan fingerprint density at radius 2 is 1.44 bits per heavy atom. The highest BCUT2D eigenvalue weighted by molar-refractivity contribution is 6.06. The average Bonchev–Trinajstić information content (AvgIpc) is 3.43. The number of rotatable bonds is 7. The molecule has 0 unspecified atom stereocenters. The van der Waals surface area contributed by atoms with Crippen LogP contribution in [-0.4, -0.2) is 69.2 Å². The third kappa shape index (κ3) is 7.41. The van der Waals surface area contributed by atoms with Gasteiger partial charge in [-0.2, -0.15) is 26.3 Å². The van der Waals surface area contributed by atoms with Gasteiger partial charge < -0.3 is 20.3 Å². The molecule has 2 amide bonds. The first-order valence-corrected chi connectivity index (χ1v) is 12.5. The molecule has 0 aromatic heterocycles. The largest absolute Gasteiger partial charge is 0.416 e. The van der Waals surface area contributed by atoms with E-state index in [4.69, 9.17) is 4.74 Å². The summed E-state index contributed by atoms with van der Waals surface area (Å²) in [6, 6.07) is 5.15. The fourth-order valence-electron chi connectivity index (χ4n) is 4.57. The highest BCUT2D eigenvalue weighted by Crippen LogP contribution is 2.36. The molecule has 2 aliphatic heterocycles. The number of ether oxygens (including phenoxy) is 1. The summed E-state index contributed by atoms with van der Waals surface area (Å²) in [5.41, 5.74) is -3.05. The van der Waals surface area contributed by atoms with Crippen LogP contribution in [0.4, 0.5) is 37.7 Å². The van der Waals surface area contributed by atoms with Crippen LogP contribution in [0.25, 0.3) is 0 Å². The van der Waals surface area contributed by atoms with Crippen LogP contribution in [0.1, 0.15) is 44.7 Å². The number of hydrogen-bond donors (Lipinski definition) is 2. The Hall–Kier alpha value is -3.32. The van der Waals surface area contributed by atoms with Gasteiger partial charge in [0, 0.05) is 56.2 Å². The molecule has 2 aliphatic rings. The van der Waals surface area contributed by atoms with Crippen molar-refractivity contribution in [2.45, 2.75) is 25.2 Å². The van der Waals surface area contributed by atoms with E-state index in [2.05, 4.69) is 15.5 Å². The number of hydrogen-bond acceptors (Lipinski definition) is 5. The van der Waals surface area contributed by atoms with Crippen LogP contribution in [0.5, 0.6) is 0 Å². The van der Waals surface area contributed by atoms with Crippen LogP contribution in [-0.2, 0) is 17.1 Å². The Labute approximate surface area is 221 Å². The predicted molar refractivity (Wildman–Crippen MR) is 132 cm³/mol. The number of nitrogens with one attached hydrogen (secondary N) is 2. The van der Waals surface area contributed by atoms with E-state index in [1.807, 2.05) is 4.90 Å². The highest BCUT2D eigenvalue weighted by Gasteiger charge is 2.37. The second-order valence-electron chi connectivity index (χ2n) is 9.38. The van der Waals surface area contributed by atoms with Crippen molar-refractivity contribution < 1.29 is 40.7 Å². The second kappa shape index (κ2) is 11.8. The molecule has 2 N–H and O–H groups in total. The van der Waals surface area contributed by atoms with E-state index in [9.17, 15) is 35.9 Å². The van der Waals surface area contributed by atoms with Crippen LogP contribution < -0.4 is 15.5 Å². The Bertz CT molecular complexity index is 1160. The Morgan fingerprint density at radius 1 is 0.821 bits per heavy atom. The first-order chi connectivity index (χ1) is 18.4. The summed E-state index contributed by atoms with van der Waals surface area (Å²) in [5.74, 6) is -1.57. The first-order valence-electron chi connectivity index (χ1n) is 12.5. The zero-order chi connectivity index (χ0) is 28.2. The third-order valence-corrected chi connectivity index (χ3v) is 6.61. The van der Waals surface area contributed by atoms with Gasteiger partial charge in [0.05, 0.1) is 29.9 Å². The van der Waals surface area contributed by atoms with Gasteiger partial charge >= 0.3 is 12.4 Å². The van der Waals surface area contributed by atoms with Crippen LogP contribution in [0.15, 0.2) is 36.4 Å². The number of halogens is 6. The minimum absolute atomic E-state index is 0.0407. The van der Waals surface area contributed by atoms with E-state index in [0.717, 1.165) is 39.0 Å². The monoisotopic (exact) mass is 558 g/mol. The van der Waals surface area contributed by atoms with Gasteiger partial charge in [0.1, 0.15) is 0 Å². The zero-order valence-electron chi connectivity index (χ0n) is 20.9. The lowest BCUT2D eigenvalue weighted by molar-refractivity contribution is -0.143. The van der Waals surface area contributed by atoms with E-state index < -0.39 is 40.9 Å². The molecule has 2 aromatic rings. The summed E-state index contributed by atoms with van der Waals surface area (Å²) < 4.78 is 84.7. The molecule has 0 radical (unpaired) electrons. The van der Waals surface area contributed by atoms with E-state index in [1.54, 1.807) is 6.07 Å². The minimum atomic E-state index is -5.08. The van der Waals surface area contributed by atoms with Gasteiger partial charge in [-0.3, -0.25) is 14.5 Å². The Balaban J connectivity index is 1.55. The molecule has 0 spiro atoms. The molecular weight excluding hydrogens is 530 g/mol. The van der Waals surface area contributed by atoms with Gasteiger partial charge in [-0.25, -0.2) is 0 Å². The van der Waals surface area contributed by atoms with Gasteiger partial charge in [0.15, 0.2) is 0 Å². The Kier molecular flexibility index (Phi) is 8.70. The van der Waals surface area contributed by atoms with Crippen molar-refractivity contribution in [3.63, 3.8) is 0 Å². The lowest BCUT2D eigenvalue weighted by Gasteiger charge is -2.26. The molecule has 0 aliphatic carbocycles. The summed E-state index contributed by atoms with van der Waals surface area (Å²) >= 11 is 0. The third-order valence-electron chi connectivity index (χ3n) is 6.61. The number of nitrogens with zero attached hydrogens (tertiary/aromatic N) is 2. The molecule has 4 rings (SSSR count). The first kappa shape index (κ1) is 28.7. The van der Waals surface area contributed by atoms with Crippen LogP contribution >= 0.6 is 0 Å². The second-order valence-corrected chi connectivity index (χ2v) is 9.38. The molecule has 2 fully saturated rings. The number of benzene rings is 2. The standard InChI is InChI=1S/C26H28F6N4O3/c27-25(28,29)18-13-17(14-19(15-18)26(30,31)32)23(37)34-20-3-4-22(36-6-1-2-7-36)21(16-20)24(38)33-5-8-35-9-11-39-12-10-35/h3-4,13-16H,1-2,5-12H2,(H,33,38)(H,34,37). The van der Waals surface area contributed by atoms with Gasteiger partial charge in [-0.15, -0.1) is 0 Å². The van der Waals surface area contributed by atoms with E-state index >= 15 is 0 Å². The molecule has 13 heteroatoms. The summed E-state index contributed by atoms with van der Waals surface area (Å²) in [7, 11) is 0. The van der Waals surface area contributed by atoms with E-state index in [1.165, 1.54) is 12.1 Å². The summed E-state index contributed by atoms with van der Waals surface area (Å²) in [6.45, 7) is 5.16. The molecule has 0 bridgehead atoms. The summed E-state index contributed by atoms with van der Waals surface area (Å²) in [5, 5.41) is 5.20. The molecule has 0 saturated carbocycles. The zero-order valence-corrected chi connectivity index (χ0v) is 20.9. The number of morpholine rings is 1. The van der Waals surface area contributed by atoms with Crippen molar-refractivity contribution in [1.82, 2.24) is 10.2 Å². The molecule has 2 saturated heterocycles. The normalized spacial score (nSPS) is 16.8. The van der Waals surface area contributed by atoms with Crippen molar-refractivity contribution in [3.8, 4) is 0 Å². The lowest BCUT2D eigenvalue weighted by Crippen LogP contribution is -2.41. The number of anilines is 2. The highest BCUT2D eigenvalue weighted by atomic mass is 19.4. The lowest BCUT2D eigenvalue weighted by atomic mass is 10.0. The van der Waals surface area contributed by atoms with Gasteiger partial charge in [0.2, 0.25) is 0 Å². The topological polar surface area (TPSA) is 73.9 Å². The maximum Gasteiger partial charge on any atom is 0.416 e.